The molecule has 1 fully saturated rings. The lowest BCUT2D eigenvalue weighted by Crippen LogP contribution is -2.31. The minimum atomic E-state index is -4.77. The number of fused-ring (bicyclic) bond motifs is 5. The number of aliphatic hydroxyl groups is 1. The highest BCUT2D eigenvalue weighted by Crippen LogP contribution is 2.51. The number of aliphatic hydroxyl groups excluding tert-OH is 1. The molecule has 9 heteroatoms. The molecule has 6 nitrogen and oxygen atoms in total. The van der Waals surface area contributed by atoms with Crippen molar-refractivity contribution in [2.24, 2.45) is 0 Å². The van der Waals surface area contributed by atoms with Crippen molar-refractivity contribution in [3.05, 3.63) is 45.5 Å². The number of halogens is 3. The highest BCUT2D eigenvalue weighted by Gasteiger charge is 2.48. The minimum Gasteiger partial charge on any atom is -0.493 e. The van der Waals surface area contributed by atoms with E-state index >= 15 is 0 Å². The molecule has 2 aliphatic rings. The van der Waals surface area contributed by atoms with Crippen LogP contribution in [-0.2, 0) is 6.18 Å². The molecule has 2 bridgehead atoms. The predicted molar refractivity (Wildman–Crippen MR) is 78.4 cm³/mol. The standard InChI is InChI=1S/C16H12F3N3O3/c17-16(18,19)10-5-9(2-1-7(10)6-20)21-14(24)13-8-3-11(12(23)4-8)22(13)15(21)25/h1-2,5,8,11-12,23-24H,3-4H2/t8-,11+,12+/m1/s1. The van der Waals surface area contributed by atoms with E-state index in [0.29, 0.717) is 24.6 Å². The maximum atomic E-state index is 13.1. The highest BCUT2D eigenvalue weighted by molar-refractivity contribution is 5.50. The van der Waals surface area contributed by atoms with Gasteiger partial charge in [0.2, 0.25) is 5.88 Å². The van der Waals surface area contributed by atoms with Crippen molar-refractivity contribution >= 4 is 0 Å². The first-order chi connectivity index (χ1) is 11.7. The number of aromatic hydroxyl groups is 1. The Morgan fingerprint density at radius 1 is 1.28 bits per heavy atom. The number of alkyl halides is 3. The number of nitriles is 1. The third kappa shape index (κ3) is 2.04. The van der Waals surface area contributed by atoms with Crippen molar-refractivity contribution in [1.82, 2.24) is 9.13 Å². The maximum Gasteiger partial charge on any atom is 0.417 e. The van der Waals surface area contributed by atoms with Crippen LogP contribution in [0.1, 0.15) is 41.6 Å². The number of hydrogen-bond donors (Lipinski definition) is 2. The van der Waals surface area contributed by atoms with Gasteiger partial charge in [0, 0.05) is 5.92 Å². The number of benzene rings is 1. The molecule has 2 N–H and O–H groups in total. The first-order valence-electron chi connectivity index (χ1n) is 7.60. The second-order valence-electron chi connectivity index (χ2n) is 6.34. The number of hydrogen-bond acceptors (Lipinski definition) is 4. The van der Waals surface area contributed by atoms with E-state index in [4.69, 9.17) is 5.26 Å². The van der Waals surface area contributed by atoms with Gasteiger partial charge in [0.25, 0.3) is 0 Å². The summed E-state index contributed by atoms with van der Waals surface area (Å²) in [5.74, 6) is -0.614. The fourth-order valence-corrected chi connectivity index (χ4v) is 3.95. The number of nitrogens with zero attached hydrogens (tertiary/aromatic N) is 3. The molecule has 0 saturated heterocycles. The average molecular weight is 351 g/mol. The van der Waals surface area contributed by atoms with E-state index in [0.717, 1.165) is 10.6 Å². The zero-order valence-electron chi connectivity index (χ0n) is 12.7. The average Bonchev–Trinajstić information content (AvgIpc) is 3.17. The van der Waals surface area contributed by atoms with Crippen molar-refractivity contribution in [1.29, 1.82) is 5.26 Å². The summed E-state index contributed by atoms with van der Waals surface area (Å²) in [6, 6.07) is 3.82. The van der Waals surface area contributed by atoms with E-state index in [1.165, 1.54) is 16.7 Å². The lowest BCUT2D eigenvalue weighted by atomic mass is 10.0. The number of rotatable bonds is 1. The Kier molecular flexibility index (Phi) is 3.09. The molecule has 0 amide bonds. The van der Waals surface area contributed by atoms with Crippen LogP contribution in [0.5, 0.6) is 5.88 Å². The Morgan fingerprint density at radius 2 is 2.00 bits per heavy atom. The molecule has 4 rings (SSSR count). The summed E-state index contributed by atoms with van der Waals surface area (Å²) in [6.45, 7) is 0. The van der Waals surface area contributed by atoms with Gasteiger partial charge in [-0.2, -0.15) is 18.4 Å². The van der Waals surface area contributed by atoms with E-state index < -0.39 is 41.0 Å². The molecule has 3 atom stereocenters. The topological polar surface area (TPSA) is 91.2 Å². The summed E-state index contributed by atoms with van der Waals surface area (Å²) in [4.78, 5) is 12.6. The first kappa shape index (κ1) is 15.8. The molecular formula is C16H12F3N3O3. The third-order valence-corrected chi connectivity index (χ3v) is 5.00. The van der Waals surface area contributed by atoms with Gasteiger partial charge in [-0.1, -0.05) is 0 Å². The molecule has 1 saturated carbocycles. The van der Waals surface area contributed by atoms with Gasteiger partial charge in [0.15, 0.2) is 0 Å². The zero-order chi connectivity index (χ0) is 18.1. The fourth-order valence-electron chi connectivity index (χ4n) is 3.95. The third-order valence-electron chi connectivity index (χ3n) is 5.00. The molecule has 2 aromatic rings. The van der Waals surface area contributed by atoms with Crippen LogP contribution in [0, 0.1) is 11.3 Å². The minimum absolute atomic E-state index is 0.176. The fraction of sp³-hybridized carbons (Fsp3) is 0.375. The van der Waals surface area contributed by atoms with Crippen molar-refractivity contribution in [2.45, 2.75) is 37.1 Å². The molecule has 0 radical (unpaired) electrons. The summed E-state index contributed by atoms with van der Waals surface area (Å²) in [6.07, 6.45) is -4.54. The van der Waals surface area contributed by atoms with Crippen LogP contribution in [0.15, 0.2) is 23.0 Å². The van der Waals surface area contributed by atoms with E-state index in [1.807, 2.05) is 0 Å². The lowest BCUT2D eigenvalue weighted by molar-refractivity contribution is -0.137. The van der Waals surface area contributed by atoms with E-state index in [1.54, 1.807) is 0 Å². The van der Waals surface area contributed by atoms with Crippen LogP contribution >= 0.6 is 0 Å². The molecule has 1 aromatic heterocycles. The Labute approximate surface area is 139 Å². The second kappa shape index (κ2) is 4.89. The van der Waals surface area contributed by atoms with E-state index in [-0.39, 0.29) is 11.6 Å². The zero-order valence-corrected chi connectivity index (χ0v) is 12.7. The van der Waals surface area contributed by atoms with Gasteiger partial charge in [-0.15, -0.1) is 0 Å². The van der Waals surface area contributed by atoms with Crippen LogP contribution < -0.4 is 5.69 Å². The van der Waals surface area contributed by atoms with Crippen LogP contribution in [0.4, 0.5) is 13.2 Å². The van der Waals surface area contributed by atoms with Crippen molar-refractivity contribution < 1.29 is 23.4 Å². The first-order valence-corrected chi connectivity index (χ1v) is 7.60. The highest BCUT2D eigenvalue weighted by atomic mass is 19.4. The van der Waals surface area contributed by atoms with Gasteiger partial charge in [0.05, 0.1) is 40.7 Å². The quantitative estimate of drug-likeness (QED) is 0.822. The number of aromatic nitrogens is 2. The molecule has 25 heavy (non-hydrogen) atoms. The van der Waals surface area contributed by atoms with Crippen LogP contribution in [0.25, 0.3) is 5.69 Å². The van der Waals surface area contributed by atoms with Crippen molar-refractivity contribution in [2.75, 3.05) is 0 Å². The monoisotopic (exact) mass is 351 g/mol. The molecular weight excluding hydrogens is 339 g/mol. The van der Waals surface area contributed by atoms with Gasteiger partial charge < -0.3 is 10.2 Å². The summed E-state index contributed by atoms with van der Waals surface area (Å²) < 4.78 is 41.5. The van der Waals surface area contributed by atoms with E-state index in [9.17, 15) is 28.2 Å². The summed E-state index contributed by atoms with van der Waals surface area (Å²) in [5.41, 5.74) is -2.27. The molecule has 1 aliphatic carbocycles. The molecule has 130 valence electrons. The Bertz CT molecular complexity index is 983. The molecule has 0 spiro atoms. The molecule has 0 unspecified atom stereocenters. The maximum absolute atomic E-state index is 13.1. The van der Waals surface area contributed by atoms with Gasteiger partial charge >= 0.3 is 11.9 Å². The molecule has 2 heterocycles. The van der Waals surface area contributed by atoms with Crippen LogP contribution in [-0.4, -0.2) is 25.5 Å². The lowest BCUT2D eigenvalue weighted by Gasteiger charge is -2.18. The Morgan fingerprint density at radius 3 is 2.64 bits per heavy atom. The van der Waals surface area contributed by atoms with Gasteiger partial charge in [-0.25, -0.2) is 9.36 Å². The van der Waals surface area contributed by atoms with E-state index in [2.05, 4.69) is 0 Å². The summed E-state index contributed by atoms with van der Waals surface area (Å²) >= 11 is 0. The Hall–Kier alpha value is -2.73. The van der Waals surface area contributed by atoms with Gasteiger partial charge in [-0.3, -0.25) is 4.57 Å². The second-order valence-corrected chi connectivity index (χ2v) is 6.34. The molecule has 1 aliphatic heterocycles. The Balaban J connectivity index is 1.93. The normalized spacial score (nSPS) is 24.4. The summed E-state index contributed by atoms with van der Waals surface area (Å²) in [7, 11) is 0. The van der Waals surface area contributed by atoms with Crippen molar-refractivity contribution in [3.8, 4) is 17.6 Å². The molecule has 1 aromatic carbocycles. The predicted octanol–water partition coefficient (Wildman–Crippen LogP) is 2.03. The summed E-state index contributed by atoms with van der Waals surface area (Å²) in [5, 5.41) is 29.2. The van der Waals surface area contributed by atoms with Crippen LogP contribution in [0.3, 0.4) is 0 Å². The largest absolute Gasteiger partial charge is 0.493 e. The van der Waals surface area contributed by atoms with Gasteiger partial charge in [-0.05, 0) is 31.0 Å². The SMILES string of the molecule is N#Cc1ccc(-n2c(O)c3n(c2=O)[C@H]2C[C@@H]3C[C@@H]2O)cc1C(F)(F)F. The van der Waals surface area contributed by atoms with Crippen molar-refractivity contribution in [3.63, 3.8) is 0 Å². The van der Waals surface area contributed by atoms with Gasteiger partial charge in [0.1, 0.15) is 0 Å². The number of imidazole rings is 1. The van der Waals surface area contributed by atoms with Crippen LogP contribution in [0.2, 0.25) is 0 Å². The smallest absolute Gasteiger partial charge is 0.417 e.